The number of carbonyl (C=O) groups excluding carboxylic acids is 2. The standard InChI is InChI=1S/C21H24ClFN4O2/c1-26-10-12-27(13-11-26)19(15-2-6-17(23)7-3-15)14-24-20(28)21(29)25-18-8-4-16(22)5-9-18/h2-9,19H,10-14H2,1H3,(H,24,28)(H,25,29)/t19-/m0/s1. The number of carbonyl (C=O) groups is 2. The largest absolute Gasteiger partial charge is 0.346 e. The molecule has 0 bridgehead atoms. The van der Waals surface area contributed by atoms with Crippen LogP contribution in [0.25, 0.3) is 0 Å². The van der Waals surface area contributed by atoms with Crippen LogP contribution in [0.1, 0.15) is 11.6 Å². The van der Waals surface area contributed by atoms with E-state index in [0.717, 1.165) is 31.7 Å². The Bertz CT molecular complexity index is 837. The fourth-order valence-corrected chi connectivity index (χ4v) is 3.39. The molecule has 1 heterocycles. The summed E-state index contributed by atoms with van der Waals surface area (Å²) in [6.45, 7) is 3.71. The number of piperazine rings is 1. The summed E-state index contributed by atoms with van der Waals surface area (Å²) in [6.07, 6.45) is 0. The first-order chi connectivity index (χ1) is 13.9. The second-order valence-electron chi connectivity index (χ2n) is 7.08. The van der Waals surface area contributed by atoms with Gasteiger partial charge in [-0.15, -0.1) is 0 Å². The summed E-state index contributed by atoms with van der Waals surface area (Å²) in [5.74, 6) is -1.78. The zero-order chi connectivity index (χ0) is 20.8. The van der Waals surface area contributed by atoms with E-state index in [0.29, 0.717) is 10.7 Å². The maximum atomic E-state index is 13.3. The molecule has 0 radical (unpaired) electrons. The monoisotopic (exact) mass is 418 g/mol. The van der Waals surface area contributed by atoms with Crippen molar-refractivity contribution >= 4 is 29.1 Å². The van der Waals surface area contributed by atoms with Gasteiger partial charge in [0, 0.05) is 43.4 Å². The molecule has 2 N–H and O–H groups in total. The minimum Gasteiger partial charge on any atom is -0.346 e. The van der Waals surface area contributed by atoms with Gasteiger partial charge in [0.15, 0.2) is 0 Å². The Balaban J connectivity index is 1.63. The van der Waals surface area contributed by atoms with E-state index in [2.05, 4.69) is 27.5 Å². The van der Waals surface area contributed by atoms with Gasteiger partial charge in [-0.2, -0.15) is 0 Å². The number of benzene rings is 2. The Morgan fingerprint density at radius 3 is 2.24 bits per heavy atom. The molecule has 1 atom stereocenters. The third-order valence-corrected chi connectivity index (χ3v) is 5.25. The van der Waals surface area contributed by atoms with Crippen LogP contribution in [0.5, 0.6) is 0 Å². The first-order valence-electron chi connectivity index (χ1n) is 9.45. The van der Waals surface area contributed by atoms with Gasteiger partial charge >= 0.3 is 11.8 Å². The maximum Gasteiger partial charge on any atom is 0.313 e. The Hall–Kier alpha value is -2.48. The van der Waals surface area contributed by atoms with Crippen LogP contribution in [0.3, 0.4) is 0 Å². The predicted octanol–water partition coefficient (Wildman–Crippen LogP) is 2.52. The highest BCUT2D eigenvalue weighted by molar-refractivity contribution is 6.39. The maximum absolute atomic E-state index is 13.3. The summed E-state index contributed by atoms with van der Waals surface area (Å²) >= 11 is 5.82. The summed E-state index contributed by atoms with van der Waals surface area (Å²) in [5.41, 5.74) is 1.39. The van der Waals surface area contributed by atoms with Crippen molar-refractivity contribution in [1.82, 2.24) is 15.1 Å². The van der Waals surface area contributed by atoms with Crippen LogP contribution in [0.15, 0.2) is 48.5 Å². The minimum atomic E-state index is -0.747. The van der Waals surface area contributed by atoms with Crippen molar-refractivity contribution in [2.45, 2.75) is 6.04 Å². The molecule has 0 unspecified atom stereocenters. The average molecular weight is 419 g/mol. The number of hydrogen-bond donors (Lipinski definition) is 2. The second kappa shape index (κ2) is 9.82. The van der Waals surface area contributed by atoms with Gasteiger partial charge in [0.05, 0.1) is 6.04 Å². The van der Waals surface area contributed by atoms with E-state index in [1.54, 1.807) is 36.4 Å². The van der Waals surface area contributed by atoms with Gasteiger partial charge in [-0.1, -0.05) is 23.7 Å². The van der Waals surface area contributed by atoms with Gasteiger partial charge in [0.1, 0.15) is 5.82 Å². The molecule has 2 amide bonds. The summed E-state index contributed by atoms with van der Waals surface area (Å²) in [5, 5.41) is 5.80. The number of nitrogens with one attached hydrogen (secondary N) is 2. The van der Waals surface area contributed by atoms with Crippen LogP contribution in [0.2, 0.25) is 5.02 Å². The first-order valence-corrected chi connectivity index (χ1v) is 9.83. The first kappa shape index (κ1) is 21.2. The number of likely N-dealkylation sites (N-methyl/N-ethyl adjacent to an activating group) is 1. The van der Waals surface area contributed by atoms with Crippen molar-refractivity contribution in [2.75, 3.05) is 45.1 Å². The molecule has 2 aromatic carbocycles. The molecular weight excluding hydrogens is 395 g/mol. The molecule has 29 heavy (non-hydrogen) atoms. The van der Waals surface area contributed by atoms with Crippen LogP contribution in [0.4, 0.5) is 10.1 Å². The van der Waals surface area contributed by atoms with E-state index in [-0.39, 0.29) is 18.4 Å². The second-order valence-corrected chi connectivity index (χ2v) is 7.51. The third-order valence-electron chi connectivity index (χ3n) is 5.00. The van der Waals surface area contributed by atoms with Crippen LogP contribution >= 0.6 is 11.6 Å². The lowest BCUT2D eigenvalue weighted by Crippen LogP contribution is -2.49. The molecule has 3 rings (SSSR count). The highest BCUT2D eigenvalue weighted by Gasteiger charge is 2.25. The lowest BCUT2D eigenvalue weighted by molar-refractivity contribution is -0.136. The number of hydrogen-bond acceptors (Lipinski definition) is 4. The average Bonchev–Trinajstić information content (AvgIpc) is 2.72. The third kappa shape index (κ3) is 6.00. The fourth-order valence-electron chi connectivity index (χ4n) is 3.27. The predicted molar refractivity (Wildman–Crippen MR) is 111 cm³/mol. The van der Waals surface area contributed by atoms with Crippen molar-refractivity contribution < 1.29 is 14.0 Å². The molecule has 1 saturated heterocycles. The Kier molecular flexibility index (Phi) is 7.19. The topological polar surface area (TPSA) is 64.7 Å². The number of halogens is 2. The molecule has 1 aliphatic rings. The highest BCUT2D eigenvalue weighted by atomic mass is 35.5. The van der Waals surface area contributed by atoms with E-state index in [4.69, 9.17) is 11.6 Å². The summed E-state index contributed by atoms with van der Waals surface area (Å²) in [4.78, 5) is 29.0. The van der Waals surface area contributed by atoms with Crippen molar-refractivity contribution in [3.8, 4) is 0 Å². The molecule has 1 aliphatic heterocycles. The van der Waals surface area contributed by atoms with Crippen molar-refractivity contribution in [1.29, 1.82) is 0 Å². The van der Waals surface area contributed by atoms with Gasteiger partial charge < -0.3 is 15.5 Å². The molecule has 154 valence electrons. The molecule has 0 spiro atoms. The number of amides is 2. The minimum absolute atomic E-state index is 0.142. The number of rotatable bonds is 5. The van der Waals surface area contributed by atoms with E-state index in [1.807, 2.05) is 0 Å². The molecular formula is C21H24ClFN4O2. The molecule has 1 fully saturated rings. The van der Waals surface area contributed by atoms with Crippen LogP contribution in [-0.4, -0.2) is 61.4 Å². The Labute approximate surface area is 174 Å². The van der Waals surface area contributed by atoms with Crippen LogP contribution < -0.4 is 10.6 Å². The number of nitrogens with zero attached hydrogens (tertiary/aromatic N) is 2. The summed E-state index contributed by atoms with van der Waals surface area (Å²) in [6, 6.07) is 12.6. The van der Waals surface area contributed by atoms with Crippen molar-refractivity contribution in [3.05, 3.63) is 64.9 Å². The zero-order valence-electron chi connectivity index (χ0n) is 16.2. The smallest absolute Gasteiger partial charge is 0.313 e. The van der Waals surface area contributed by atoms with Crippen LogP contribution in [0, 0.1) is 5.82 Å². The van der Waals surface area contributed by atoms with Gasteiger partial charge in [-0.05, 0) is 49.0 Å². The highest BCUT2D eigenvalue weighted by Crippen LogP contribution is 2.22. The molecule has 0 aliphatic carbocycles. The van der Waals surface area contributed by atoms with E-state index in [1.165, 1.54) is 12.1 Å². The van der Waals surface area contributed by atoms with Crippen LogP contribution in [-0.2, 0) is 9.59 Å². The molecule has 0 saturated carbocycles. The van der Waals surface area contributed by atoms with Gasteiger partial charge in [0.2, 0.25) is 0 Å². The SMILES string of the molecule is CN1CCN([C@@H](CNC(=O)C(=O)Nc2ccc(Cl)cc2)c2ccc(F)cc2)CC1. The van der Waals surface area contributed by atoms with Gasteiger partial charge in [0.25, 0.3) is 0 Å². The summed E-state index contributed by atoms with van der Waals surface area (Å²) in [7, 11) is 2.06. The van der Waals surface area contributed by atoms with Gasteiger partial charge in [-0.3, -0.25) is 14.5 Å². The Morgan fingerprint density at radius 2 is 1.62 bits per heavy atom. The summed E-state index contributed by atoms with van der Waals surface area (Å²) < 4.78 is 13.3. The zero-order valence-corrected chi connectivity index (χ0v) is 17.0. The normalized spacial score (nSPS) is 16.2. The molecule has 0 aromatic heterocycles. The molecule has 2 aromatic rings. The molecule has 8 heteroatoms. The Morgan fingerprint density at radius 1 is 1.00 bits per heavy atom. The lowest BCUT2D eigenvalue weighted by atomic mass is 10.0. The fraction of sp³-hybridized carbons (Fsp3) is 0.333. The quantitative estimate of drug-likeness (QED) is 0.732. The van der Waals surface area contributed by atoms with E-state index < -0.39 is 11.8 Å². The van der Waals surface area contributed by atoms with Crippen molar-refractivity contribution in [3.63, 3.8) is 0 Å². The van der Waals surface area contributed by atoms with E-state index >= 15 is 0 Å². The molecule has 6 nitrogen and oxygen atoms in total. The van der Waals surface area contributed by atoms with Gasteiger partial charge in [-0.25, -0.2) is 4.39 Å². The van der Waals surface area contributed by atoms with E-state index in [9.17, 15) is 14.0 Å². The lowest BCUT2D eigenvalue weighted by Gasteiger charge is -2.38. The van der Waals surface area contributed by atoms with Crippen molar-refractivity contribution in [2.24, 2.45) is 0 Å². The number of anilines is 1.